The zero-order chi connectivity index (χ0) is 16.1. The summed E-state index contributed by atoms with van der Waals surface area (Å²) in [5.74, 6) is 1.39. The highest BCUT2D eigenvalue weighted by atomic mass is 32.1. The molecule has 0 saturated heterocycles. The molecule has 4 nitrogen and oxygen atoms in total. The van der Waals surface area contributed by atoms with Gasteiger partial charge in [-0.05, 0) is 36.8 Å². The summed E-state index contributed by atoms with van der Waals surface area (Å²) in [6.07, 6.45) is 0. The first kappa shape index (κ1) is 15.2. The fraction of sp³-hybridized carbons (Fsp3) is 0.111. The van der Waals surface area contributed by atoms with Gasteiger partial charge in [0.2, 0.25) is 0 Å². The molecule has 0 radical (unpaired) electrons. The van der Waals surface area contributed by atoms with Crippen molar-refractivity contribution in [3.05, 3.63) is 76.7 Å². The fourth-order valence-corrected chi connectivity index (χ4v) is 2.66. The molecule has 0 spiro atoms. The zero-order valence-electron chi connectivity index (χ0n) is 12.6. The van der Waals surface area contributed by atoms with E-state index in [0.29, 0.717) is 5.69 Å². The number of ether oxygens (including phenoxy) is 1. The molecule has 116 valence electrons. The van der Waals surface area contributed by atoms with Gasteiger partial charge in [0, 0.05) is 5.38 Å². The molecule has 0 fully saturated rings. The van der Waals surface area contributed by atoms with Crippen LogP contribution in [-0.2, 0) is 0 Å². The van der Waals surface area contributed by atoms with Crippen LogP contribution in [0.5, 0.6) is 11.5 Å². The van der Waals surface area contributed by atoms with E-state index in [1.807, 2.05) is 61.5 Å². The Morgan fingerprint density at radius 2 is 1.78 bits per heavy atom. The smallest absolute Gasteiger partial charge is 0.271 e. The topological polar surface area (TPSA) is 51.2 Å². The van der Waals surface area contributed by atoms with Gasteiger partial charge in [-0.1, -0.05) is 30.3 Å². The molecule has 0 aliphatic rings. The van der Waals surface area contributed by atoms with Crippen LogP contribution < -0.4 is 10.1 Å². The fourth-order valence-electron chi connectivity index (χ4n) is 2.13. The van der Waals surface area contributed by atoms with Crippen molar-refractivity contribution < 1.29 is 9.53 Å². The molecule has 0 saturated carbocycles. The molecule has 2 aromatic carbocycles. The SMILES string of the molecule is CC(NC(=O)c1cscn1)c1ccc(Oc2ccccc2)cc1. The van der Waals surface area contributed by atoms with Crippen molar-refractivity contribution in [2.75, 3.05) is 0 Å². The molecular weight excluding hydrogens is 308 g/mol. The van der Waals surface area contributed by atoms with Crippen LogP contribution in [0.25, 0.3) is 0 Å². The van der Waals surface area contributed by atoms with E-state index in [2.05, 4.69) is 10.3 Å². The Morgan fingerprint density at radius 3 is 2.43 bits per heavy atom. The van der Waals surface area contributed by atoms with E-state index in [1.54, 1.807) is 10.9 Å². The second-order valence-electron chi connectivity index (χ2n) is 5.05. The first-order valence-electron chi connectivity index (χ1n) is 7.24. The van der Waals surface area contributed by atoms with Crippen LogP contribution in [0.1, 0.15) is 29.0 Å². The van der Waals surface area contributed by atoms with Gasteiger partial charge < -0.3 is 10.1 Å². The van der Waals surface area contributed by atoms with Crippen LogP contribution in [0.15, 0.2) is 65.5 Å². The number of carbonyl (C=O) groups excluding carboxylic acids is 1. The van der Waals surface area contributed by atoms with Crippen molar-refractivity contribution in [1.29, 1.82) is 0 Å². The summed E-state index contributed by atoms with van der Waals surface area (Å²) >= 11 is 1.41. The second-order valence-corrected chi connectivity index (χ2v) is 5.77. The summed E-state index contributed by atoms with van der Waals surface area (Å²) < 4.78 is 5.76. The summed E-state index contributed by atoms with van der Waals surface area (Å²) in [5, 5.41) is 4.67. The Labute approximate surface area is 138 Å². The van der Waals surface area contributed by atoms with Crippen LogP contribution in [0.3, 0.4) is 0 Å². The van der Waals surface area contributed by atoms with Crippen molar-refractivity contribution in [1.82, 2.24) is 10.3 Å². The Hall–Kier alpha value is -2.66. The normalized spacial score (nSPS) is 11.7. The van der Waals surface area contributed by atoms with Crippen molar-refractivity contribution in [3.8, 4) is 11.5 Å². The largest absolute Gasteiger partial charge is 0.457 e. The van der Waals surface area contributed by atoms with Crippen LogP contribution in [0.4, 0.5) is 0 Å². The molecule has 5 heteroatoms. The van der Waals surface area contributed by atoms with Crippen molar-refractivity contribution in [3.63, 3.8) is 0 Å². The average molecular weight is 324 g/mol. The second kappa shape index (κ2) is 7.07. The maximum Gasteiger partial charge on any atom is 0.271 e. The van der Waals surface area contributed by atoms with E-state index in [9.17, 15) is 4.79 Å². The third-order valence-corrected chi connectivity index (χ3v) is 3.96. The summed E-state index contributed by atoms with van der Waals surface area (Å²) in [4.78, 5) is 16.0. The highest BCUT2D eigenvalue weighted by molar-refractivity contribution is 7.07. The number of rotatable bonds is 5. The number of hydrogen-bond acceptors (Lipinski definition) is 4. The summed E-state index contributed by atoms with van der Waals surface area (Å²) in [6.45, 7) is 1.94. The lowest BCUT2D eigenvalue weighted by molar-refractivity contribution is 0.0935. The van der Waals surface area contributed by atoms with E-state index in [-0.39, 0.29) is 11.9 Å². The number of aromatic nitrogens is 1. The standard InChI is InChI=1S/C18H16N2O2S/c1-13(20-18(21)17-11-23-12-19-17)14-7-9-16(10-8-14)22-15-5-3-2-4-6-15/h2-13H,1H3,(H,20,21). The highest BCUT2D eigenvalue weighted by Crippen LogP contribution is 2.23. The molecule has 3 rings (SSSR count). The van der Waals surface area contributed by atoms with Crippen molar-refractivity contribution >= 4 is 17.2 Å². The van der Waals surface area contributed by atoms with Crippen molar-refractivity contribution in [2.45, 2.75) is 13.0 Å². The predicted octanol–water partition coefficient (Wildman–Crippen LogP) is 4.43. The molecule has 1 amide bonds. The van der Waals surface area contributed by atoms with Gasteiger partial charge in [-0.25, -0.2) is 4.98 Å². The molecule has 3 aromatic rings. The molecule has 1 N–H and O–H groups in total. The van der Waals surface area contributed by atoms with Gasteiger partial charge in [0.15, 0.2) is 0 Å². The maximum atomic E-state index is 12.0. The Morgan fingerprint density at radius 1 is 1.09 bits per heavy atom. The van der Waals surface area contributed by atoms with E-state index in [0.717, 1.165) is 17.1 Å². The lowest BCUT2D eigenvalue weighted by atomic mass is 10.1. The minimum Gasteiger partial charge on any atom is -0.457 e. The molecule has 0 aliphatic carbocycles. The molecular formula is C18H16N2O2S. The van der Waals surface area contributed by atoms with E-state index < -0.39 is 0 Å². The lowest BCUT2D eigenvalue weighted by Gasteiger charge is -2.14. The van der Waals surface area contributed by atoms with E-state index >= 15 is 0 Å². The predicted molar refractivity (Wildman–Crippen MR) is 91.0 cm³/mol. The molecule has 1 heterocycles. The summed E-state index contributed by atoms with van der Waals surface area (Å²) in [6, 6.07) is 17.2. The number of amides is 1. The minimum absolute atomic E-state index is 0.102. The quantitative estimate of drug-likeness (QED) is 0.755. The lowest BCUT2D eigenvalue weighted by Crippen LogP contribution is -2.26. The van der Waals surface area contributed by atoms with Gasteiger partial charge in [-0.2, -0.15) is 0 Å². The Kier molecular flexibility index (Phi) is 4.68. The highest BCUT2D eigenvalue weighted by Gasteiger charge is 2.12. The third kappa shape index (κ3) is 3.96. The first-order valence-corrected chi connectivity index (χ1v) is 8.18. The summed E-state index contributed by atoms with van der Waals surface area (Å²) in [7, 11) is 0. The van der Waals surface area contributed by atoms with Crippen LogP contribution in [0.2, 0.25) is 0 Å². The number of thiazole rings is 1. The van der Waals surface area contributed by atoms with Gasteiger partial charge in [0.05, 0.1) is 11.6 Å². The van der Waals surface area contributed by atoms with Crippen LogP contribution >= 0.6 is 11.3 Å². The van der Waals surface area contributed by atoms with Crippen LogP contribution in [0, 0.1) is 0 Å². The molecule has 0 bridgehead atoms. The van der Waals surface area contributed by atoms with E-state index in [4.69, 9.17) is 4.74 Å². The molecule has 1 unspecified atom stereocenters. The van der Waals surface area contributed by atoms with Gasteiger partial charge >= 0.3 is 0 Å². The number of benzene rings is 2. The van der Waals surface area contributed by atoms with Gasteiger partial charge in [0.1, 0.15) is 17.2 Å². The number of para-hydroxylation sites is 1. The van der Waals surface area contributed by atoms with Crippen LogP contribution in [-0.4, -0.2) is 10.9 Å². The molecule has 23 heavy (non-hydrogen) atoms. The third-order valence-electron chi connectivity index (χ3n) is 3.37. The van der Waals surface area contributed by atoms with Gasteiger partial charge in [-0.15, -0.1) is 11.3 Å². The van der Waals surface area contributed by atoms with Gasteiger partial charge in [0.25, 0.3) is 5.91 Å². The van der Waals surface area contributed by atoms with Gasteiger partial charge in [-0.3, -0.25) is 4.79 Å². The number of carbonyl (C=O) groups is 1. The number of nitrogens with one attached hydrogen (secondary N) is 1. The Bertz CT molecular complexity index is 755. The molecule has 1 atom stereocenters. The summed E-state index contributed by atoms with van der Waals surface area (Å²) in [5.41, 5.74) is 3.11. The Balaban J connectivity index is 1.63. The average Bonchev–Trinajstić information content (AvgIpc) is 3.11. The first-order chi connectivity index (χ1) is 11.2. The molecule has 1 aromatic heterocycles. The van der Waals surface area contributed by atoms with Crippen molar-refractivity contribution in [2.24, 2.45) is 0 Å². The number of nitrogens with zero attached hydrogens (tertiary/aromatic N) is 1. The monoisotopic (exact) mass is 324 g/mol. The van der Waals surface area contributed by atoms with E-state index in [1.165, 1.54) is 11.3 Å². The maximum absolute atomic E-state index is 12.0. The zero-order valence-corrected chi connectivity index (χ0v) is 13.4. The minimum atomic E-state index is -0.164. The molecule has 0 aliphatic heterocycles. The number of hydrogen-bond donors (Lipinski definition) is 1.